The molecule has 16 heavy (non-hydrogen) atoms. The molecule has 1 aromatic heterocycles. The van der Waals surface area contributed by atoms with Crippen LogP contribution < -0.4 is 0 Å². The first kappa shape index (κ1) is 10.4. The standard InChI is InChI=1S/C11H10N2O3/c1-7(14)6-16-11(15)10-8-4-2-3-5-9(8)12-13-10/h2-5H,6H2,1H3,(H,12,13). The maximum Gasteiger partial charge on any atom is 0.359 e. The molecular formula is C11H10N2O3. The van der Waals surface area contributed by atoms with Crippen LogP contribution in [0.5, 0.6) is 0 Å². The van der Waals surface area contributed by atoms with Gasteiger partial charge >= 0.3 is 5.97 Å². The Kier molecular flexibility index (Phi) is 2.68. The van der Waals surface area contributed by atoms with Gasteiger partial charge in [0, 0.05) is 5.39 Å². The summed E-state index contributed by atoms with van der Waals surface area (Å²) in [5.74, 6) is -0.791. The fourth-order valence-corrected chi connectivity index (χ4v) is 1.35. The first-order valence-corrected chi connectivity index (χ1v) is 4.78. The van der Waals surface area contributed by atoms with Crippen molar-refractivity contribution < 1.29 is 14.3 Å². The van der Waals surface area contributed by atoms with Crippen molar-refractivity contribution in [3.8, 4) is 0 Å². The van der Waals surface area contributed by atoms with Crippen LogP contribution in [0.25, 0.3) is 10.9 Å². The molecule has 0 spiro atoms. The first-order chi connectivity index (χ1) is 7.68. The van der Waals surface area contributed by atoms with Crippen LogP contribution in [0.1, 0.15) is 17.4 Å². The van der Waals surface area contributed by atoms with Crippen LogP contribution in [-0.2, 0) is 9.53 Å². The second-order valence-electron chi connectivity index (χ2n) is 3.40. The molecule has 0 saturated heterocycles. The van der Waals surface area contributed by atoms with Gasteiger partial charge in [-0.1, -0.05) is 18.2 Å². The molecule has 2 rings (SSSR count). The molecule has 0 aliphatic heterocycles. The Labute approximate surface area is 91.4 Å². The monoisotopic (exact) mass is 218 g/mol. The van der Waals surface area contributed by atoms with Gasteiger partial charge in [-0.2, -0.15) is 5.10 Å². The molecule has 0 saturated carbocycles. The van der Waals surface area contributed by atoms with Crippen molar-refractivity contribution >= 4 is 22.7 Å². The van der Waals surface area contributed by atoms with Gasteiger partial charge < -0.3 is 4.74 Å². The normalized spacial score (nSPS) is 10.3. The molecule has 2 aromatic rings. The number of hydrogen-bond donors (Lipinski definition) is 1. The first-order valence-electron chi connectivity index (χ1n) is 4.78. The Bertz CT molecular complexity index is 545. The van der Waals surface area contributed by atoms with Crippen LogP contribution in [0.3, 0.4) is 0 Å². The number of nitrogens with one attached hydrogen (secondary N) is 1. The Morgan fingerprint density at radius 1 is 1.38 bits per heavy atom. The fourth-order valence-electron chi connectivity index (χ4n) is 1.35. The number of ketones is 1. The number of ether oxygens (including phenoxy) is 1. The van der Waals surface area contributed by atoms with Crippen molar-refractivity contribution in [3.63, 3.8) is 0 Å². The second-order valence-corrected chi connectivity index (χ2v) is 3.40. The molecule has 0 radical (unpaired) electrons. The summed E-state index contributed by atoms with van der Waals surface area (Å²) in [7, 11) is 0. The molecular weight excluding hydrogens is 208 g/mol. The predicted molar refractivity (Wildman–Crippen MR) is 57.1 cm³/mol. The number of hydrogen-bond acceptors (Lipinski definition) is 4. The molecule has 1 aromatic carbocycles. The van der Waals surface area contributed by atoms with Gasteiger partial charge in [0.2, 0.25) is 0 Å². The molecule has 0 aliphatic rings. The maximum absolute atomic E-state index is 11.6. The van der Waals surface area contributed by atoms with Gasteiger partial charge in [-0.15, -0.1) is 0 Å². The minimum absolute atomic E-state index is 0.201. The van der Waals surface area contributed by atoms with Crippen molar-refractivity contribution in [3.05, 3.63) is 30.0 Å². The Morgan fingerprint density at radius 3 is 2.88 bits per heavy atom. The summed E-state index contributed by atoms with van der Waals surface area (Å²) in [5.41, 5.74) is 0.967. The third-order valence-electron chi connectivity index (χ3n) is 2.07. The number of fused-ring (bicyclic) bond motifs is 1. The third kappa shape index (κ3) is 1.93. The molecule has 0 bridgehead atoms. The van der Waals surface area contributed by atoms with Crippen molar-refractivity contribution in [2.45, 2.75) is 6.92 Å². The number of benzene rings is 1. The van der Waals surface area contributed by atoms with Crippen LogP contribution in [0.4, 0.5) is 0 Å². The lowest BCUT2D eigenvalue weighted by Gasteiger charge is -1.99. The largest absolute Gasteiger partial charge is 0.453 e. The van der Waals surface area contributed by atoms with Gasteiger partial charge in [0.05, 0.1) is 5.52 Å². The summed E-state index contributed by atoms with van der Waals surface area (Å²) < 4.78 is 4.78. The number of carbonyl (C=O) groups is 2. The Morgan fingerprint density at radius 2 is 2.12 bits per heavy atom. The molecule has 0 atom stereocenters. The number of para-hydroxylation sites is 1. The van der Waals surface area contributed by atoms with Crippen LogP contribution in [0.2, 0.25) is 0 Å². The summed E-state index contributed by atoms with van der Waals surface area (Å²) in [5, 5.41) is 7.27. The fraction of sp³-hybridized carbons (Fsp3) is 0.182. The molecule has 1 N–H and O–H groups in total. The SMILES string of the molecule is CC(=O)COC(=O)c1n[nH]c2ccccc12. The number of H-pyrrole nitrogens is 1. The topological polar surface area (TPSA) is 72.1 Å². The number of aromatic nitrogens is 2. The van der Waals surface area contributed by atoms with E-state index in [1.165, 1.54) is 6.92 Å². The van der Waals surface area contributed by atoms with E-state index < -0.39 is 5.97 Å². The second kappa shape index (κ2) is 4.14. The average Bonchev–Trinajstić information content (AvgIpc) is 2.69. The average molecular weight is 218 g/mol. The van der Waals surface area contributed by atoms with E-state index in [0.717, 1.165) is 5.52 Å². The van der Waals surface area contributed by atoms with E-state index in [2.05, 4.69) is 10.2 Å². The molecule has 5 heteroatoms. The molecule has 1 heterocycles. The van der Waals surface area contributed by atoms with E-state index in [9.17, 15) is 9.59 Å². The van der Waals surface area contributed by atoms with E-state index in [4.69, 9.17) is 4.74 Å². The molecule has 0 fully saturated rings. The Hall–Kier alpha value is -2.17. The smallest absolute Gasteiger partial charge is 0.359 e. The van der Waals surface area contributed by atoms with Gasteiger partial charge in [-0.3, -0.25) is 9.89 Å². The lowest BCUT2D eigenvalue weighted by molar-refractivity contribution is -0.120. The van der Waals surface area contributed by atoms with E-state index in [1.54, 1.807) is 12.1 Å². The van der Waals surface area contributed by atoms with Crippen molar-refractivity contribution in [1.29, 1.82) is 0 Å². The number of Topliss-reactive ketones (excluding diaryl/α,β-unsaturated/α-hetero) is 1. The molecule has 0 aliphatic carbocycles. The van der Waals surface area contributed by atoms with Gasteiger partial charge in [0.15, 0.2) is 11.5 Å². The quantitative estimate of drug-likeness (QED) is 0.788. The highest BCUT2D eigenvalue weighted by atomic mass is 16.5. The highest BCUT2D eigenvalue weighted by molar-refractivity contribution is 6.02. The van der Waals surface area contributed by atoms with Gasteiger partial charge in [-0.25, -0.2) is 4.79 Å². The number of aromatic amines is 1. The van der Waals surface area contributed by atoms with E-state index in [0.29, 0.717) is 5.39 Å². The lowest BCUT2D eigenvalue weighted by Crippen LogP contribution is -2.12. The molecule has 82 valence electrons. The highest BCUT2D eigenvalue weighted by Crippen LogP contribution is 2.15. The van der Waals surface area contributed by atoms with Crippen molar-refractivity contribution in [2.75, 3.05) is 6.61 Å². The van der Waals surface area contributed by atoms with Gasteiger partial charge in [0.25, 0.3) is 0 Å². The Balaban J connectivity index is 2.26. The number of carbonyl (C=O) groups excluding carboxylic acids is 2. The summed E-state index contributed by atoms with van der Waals surface area (Å²) in [6, 6.07) is 7.22. The minimum atomic E-state index is -0.590. The maximum atomic E-state index is 11.6. The highest BCUT2D eigenvalue weighted by Gasteiger charge is 2.15. The van der Waals surface area contributed by atoms with Gasteiger partial charge in [0.1, 0.15) is 6.61 Å². The summed E-state index contributed by atoms with van der Waals surface area (Å²) in [6.45, 7) is 1.13. The van der Waals surface area contributed by atoms with Crippen LogP contribution in [0.15, 0.2) is 24.3 Å². The van der Waals surface area contributed by atoms with Crippen LogP contribution in [0, 0.1) is 0 Å². The number of nitrogens with zero attached hydrogens (tertiary/aromatic N) is 1. The zero-order valence-electron chi connectivity index (χ0n) is 8.69. The number of rotatable bonds is 3. The lowest BCUT2D eigenvalue weighted by atomic mass is 10.2. The summed E-state index contributed by atoms with van der Waals surface area (Å²) >= 11 is 0. The predicted octanol–water partition coefficient (Wildman–Crippen LogP) is 1.31. The van der Waals surface area contributed by atoms with E-state index in [-0.39, 0.29) is 18.1 Å². The molecule has 0 unspecified atom stereocenters. The summed E-state index contributed by atoms with van der Waals surface area (Å²) in [6.07, 6.45) is 0. The summed E-state index contributed by atoms with van der Waals surface area (Å²) in [4.78, 5) is 22.2. The van der Waals surface area contributed by atoms with Crippen LogP contribution in [-0.4, -0.2) is 28.6 Å². The van der Waals surface area contributed by atoms with Gasteiger partial charge in [-0.05, 0) is 13.0 Å². The molecule has 0 amide bonds. The van der Waals surface area contributed by atoms with Crippen LogP contribution >= 0.6 is 0 Å². The number of esters is 1. The van der Waals surface area contributed by atoms with E-state index >= 15 is 0 Å². The minimum Gasteiger partial charge on any atom is -0.453 e. The zero-order chi connectivity index (χ0) is 11.5. The van der Waals surface area contributed by atoms with Crippen molar-refractivity contribution in [1.82, 2.24) is 10.2 Å². The third-order valence-corrected chi connectivity index (χ3v) is 2.07. The van der Waals surface area contributed by atoms with Crippen molar-refractivity contribution in [2.24, 2.45) is 0 Å². The zero-order valence-corrected chi connectivity index (χ0v) is 8.69. The van der Waals surface area contributed by atoms with E-state index in [1.807, 2.05) is 12.1 Å². The molecule has 5 nitrogen and oxygen atoms in total.